The second-order valence-corrected chi connectivity index (χ2v) is 4.49. The van der Waals surface area contributed by atoms with Gasteiger partial charge in [-0.1, -0.05) is 6.92 Å². The molecule has 0 spiro atoms. The quantitative estimate of drug-likeness (QED) is 0.751. The predicted octanol–water partition coefficient (Wildman–Crippen LogP) is 1.94. The van der Waals surface area contributed by atoms with Crippen molar-refractivity contribution in [1.82, 2.24) is 5.32 Å². The fraction of sp³-hybridized carbons (Fsp3) is 0.417. The second kappa shape index (κ2) is 4.12. The molecule has 1 fully saturated rings. The third-order valence-electron chi connectivity index (χ3n) is 2.94. The van der Waals surface area contributed by atoms with Gasteiger partial charge in [0, 0.05) is 11.7 Å². The lowest BCUT2D eigenvalue weighted by molar-refractivity contribution is 0.0892. The van der Waals surface area contributed by atoms with Gasteiger partial charge in [0.2, 0.25) is 0 Å². The summed E-state index contributed by atoms with van der Waals surface area (Å²) in [7, 11) is 0. The van der Waals surface area contributed by atoms with E-state index in [0.29, 0.717) is 11.6 Å². The maximum absolute atomic E-state index is 13.4. The number of carbonyl (C=O) groups excluding carboxylic acids is 1. The highest BCUT2D eigenvalue weighted by atomic mass is 19.1. The number of nitrogens with one attached hydrogen (secondary N) is 1. The molecule has 0 atom stereocenters. The fourth-order valence-electron chi connectivity index (χ4n) is 2.00. The summed E-state index contributed by atoms with van der Waals surface area (Å²) in [6, 6.07) is 4.21. The van der Waals surface area contributed by atoms with Crippen LogP contribution in [0.1, 0.15) is 30.1 Å². The van der Waals surface area contributed by atoms with Gasteiger partial charge in [-0.2, -0.15) is 0 Å². The van der Waals surface area contributed by atoms with Crippen LogP contribution in [0.3, 0.4) is 0 Å². The lowest BCUT2D eigenvalue weighted by Gasteiger charge is -2.33. The van der Waals surface area contributed by atoms with Gasteiger partial charge in [-0.05, 0) is 37.0 Å². The van der Waals surface area contributed by atoms with Crippen molar-refractivity contribution in [3.05, 3.63) is 29.6 Å². The van der Waals surface area contributed by atoms with Crippen molar-refractivity contribution in [2.75, 3.05) is 5.73 Å². The van der Waals surface area contributed by atoms with E-state index in [1.165, 1.54) is 18.2 Å². The number of halogens is 1. The molecular weight excluding hydrogens is 207 g/mol. The largest absolute Gasteiger partial charge is 0.399 e. The number of hydrogen-bond acceptors (Lipinski definition) is 2. The van der Waals surface area contributed by atoms with Gasteiger partial charge < -0.3 is 11.1 Å². The molecule has 3 N–H and O–H groups in total. The first kappa shape index (κ1) is 10.9. The van der Waals surface area contributed by atoms with Crippen molar-refractivity contribution in [2.24, 2.45) is 5.92 Å². The van der Waals surface area contributed by atoms with E-state index in [9.17, 15) is 9.18 Å². The van der Waals surface area contributed by atoms with Gasteiger partial charge in [0.05, 0.1) is 5.56 Å². The molecule has 0 aliphatic heterocycles. The summed E-state index contributed by atoms with van der Waals surface area (Å²) < 4.78 is 13.4. The van der Waals surface area contributed by atoms with Gasteiger partial charge >= 0.3 is 0 Å². The summed E-state index contributed by atoms with van der Waals surface area (Å²) in [6.07, 6.45) is 1.94. The average Bonchev–Trinajstić information content (AvgIpc) is 2.19. The number of rotatable bonds is 2. The minimum Gasteiger partial charge on any atom is -0.399 e. The summed E-state index contributed by atoms with van der Waals surface area (Å²) in [5.74, 6) is -0.253. The first-order valence-electron chi connectivity index (χ1n) is 5.42. The van der Waals surface area contributed by atoms with E-state index < -0.39 is 5.82 Å². The Bertz CT molecular complexity index is 413. The van der Waals surface area contributed by atoms with Gasteiger partial charge in [-0.25, -0.2) is 4.39 Å². The van der Waals surface area contributed by atoms with E-state index in [2.05, 4.69) is 12.2 Å². The number of hydrogen-bond donors (Lipinski definition) is 2. The molecule has 1 aliphatic rings. The lowest BCUT2D eigenvalue weighted by atomic mass is 9.82. The van der Waals surface area contributed by atoms with Crippen LogP contribution in [0, 0.1) is 11.7 Å². The number of anilines is 1. The lowest BCUT2D eigenvalue weighted by Crippen LogP contribution is -2.43. The predicted molar refractivity (Wildman–Crippen MR) is 60.5 cm³/mol. The van der Waals surface area contributed by atoms with Gasteiger partial charge in [-0.15, -0.1) is 0 Å². The van der Waals surface area contributed by atoms with Crippen LogP contribution in [0.5, 0.6) is 0 Å². The van der Waals surface area contributed by atoms with E-state index in [4.69, 9.17) is 5.73 Å². The first-order chi connectivity index (χ1) is 7.56. The van der Waals surface area contributed by atoms with E-state index >= 15 is 0 Å². The van der Waals surface area contributed by atoms with Gasteiger partial charge in [0.1, 0.15) is 5.82 Å². The summed E-state index contributed by atoms with van der Waals surface area (Å²) in [4.78, 5) is 11.7. The standard InChI is InChI=1S/C12H15FN2O/c1-7-4-9(5-7)15-12(16)10-6-8(14)2-3-11(10)13/h2-3,6-7,9H,4-5,14H2,1H3,(H,15,16). The number of carbonyl (C=O) groups is 1. The zero-order chi connectivity index (χ0) is 11.7. The molecule has 0 saturated heterocycles. The maximum atomic E-state index is 13.4. The molecule has 3 nitrogen and oxygen atoms in total. The molecule has 1 aromatic rings. The van der Waals surface area contributed by atoms with Crippen LogP contribution in [0.4, 0.5) is 10.1 Å². The molecule has 0 aromatic heterocycles. The Morgan fingerprint density at radius 2 is 2.19 bits per heavy atom. The van der Waals surface area contributed by atoms with Gasteiger partial charge in [0.25, 0.3) is 5.91 Å². The van der Waals surface area contributed by atoms with Crippen molar-refractivity contribution in [1.29, 1.82) is 0 Å². The summed E-state index contributed by atoms with van der Waals surface area (Å²) in [5.41, 5.74) is 5.94. The van der Waals surface area contributed by atoms with Crippen LogP contribution in [0.25, 0.3) is 0 Å². The topological polar surface area (TPSA) is 55.1 Å². The molecule has 1 aromatic carbocycles. The molecular formula is C12H15FN2O. The number of nitrogen functional groups attached to an aromatic ring is 1. The molecule has 0 unspecified atom stereocenters. The molecule has 1 amide bonds. The maximum Gasteiger partial charge on any atom is 0.254 e. The average molecular weight is 222 g/mol. The van der Waals surface area contributed by atoms with Crippen LogP contribution < -0.4 is 11.1 Å². The minimum atomic E-state index is -0.529. The van der Waals surface area contributed by atoms with Crippen molar-refractivity contribution in [2.45, 2.75) is 25.8 Å². The van der Waals surface area contributed by atoms with Crippen molar-refractivity contribution in [3.63, 3.8) is 0 Å². The van der Waals surface area contributed by atoms with E-state index in [1.807, 2.05) is 0 Å². The van der Waals surface area contributed by atoms with Crippen LogP contribution in [0.2, 0.25) is 0 Å². The highest BCUT2D eigenvalue weighted by molar-refractivity contribution is 5.95. The first-order valence-corrected chi connectivity index (χ1v) is 5.42. The third kappa shape index (κ3) is 2.15. The van der Waals surface area contributed by atoms with Gasteiger partial charge in [0.15, 0.2) is 0 Å². The Kier molecular flexibility index (Phi) is 2.81. The molecule has 0 radical (unpaired) electrons. The second-order valence-electron chi connectivity index (χ2n) is 4.49. The Balaban J connectivity index is 2.05. The fourth-order valence-corrected chi connectivity index (χ4v) is 2.00. The van der Waals surface area contributed by atoms with Crippen molar-refractivity contribution < 1.29 is 9.18 Å². The number of nitrogens with two attached hydrogens (primary N) is 1. The summed E-state index contributed by atoms with van der Waals surface area (Å²) >= 11 is 0. The van der Waals surface area contributed by atoms with E-state index in [1.54, 1.807) is 0 Å². The number of benzene rings is 1. The van der Waals surface area contributed by atoms with E-state index in [0.717, 1.165) is 12.8 Å². The Morgan fingerprint density at radius 3 is 2.81 bits per heavy atom. The molecule has 86 valence electrons. The molecule has 16 heavy (non-hydrogen) atoms. The van der Waals surface area contributed by atoms with Crippen LogP contribution in [-0.4, -0.2) is 11.9 Å². The normalized spacial score (nSPS) is 23.6. The molecule has 2 rings (SSSR count). The molecule has 4 heteroatoms. The Hall–Kier alpha value is -1.58. The van der Waals surface area contributed by atoms with Gasteiger partial charge in [-0.3, -0.25) is 4.79 Å². The highest BCUT2D eigenvalue weighted by Gasteiger charge is 2.27. The summed E-state index contributed by atoms with van der Waals surface area (Å²) in [6.45, 7) is 2.13. The molecule has 1 aliphatic carbocycles. The zero-order valence-electron chi connectivity index (χ0n) is 9.16. The van der Waals surface area contributed by atoms with Crippen LogP contribution in [-0.2, 0) is 0 Å². The SMILES string of the molecule is CC1CC(NC(=O)c2cc(N)ccc2F)C1. The molecule has 1 saturated carbocycles. The molecule has 0 bridgehead atoms. The van der Waals surface area contributed by atoms with Crippen molar-refractivity contribution >= 4 is 11.6 Å². The van der Waals surface area contributed by atoms with Crippen LogP contribution in [0.15, 0.2) is 18.2 Å². The van der Waals surface area contributed by atoms with Crippen LogP contribution >= 0.6 is 0 Å². The number of amides is 1. The molecule has 0 heterocycles. The summed E-state index contributed by atoms with van der Waals surface area (Å²) in [5, 5.41) is 2.80. The monoisotopic (exact) mass is 222 g/mol. The third-order valence-corrected chi connectivity index (χ3v) is 2.94. The Labute approximate surface area is 93.8 Å². The van der Waals surface area contributed by atoms with E-state index in [-0.39, 0.29) is 17.5 Å². The zero-order valence-corrected chi connectivity index (χ0v) is 9.16. The minimum absolute atomic E-state index is 0.0274. The highest BCUT2D eigenvalue weighted by Crippen LogP contribution is 2.26. The Morgan fingerprint density at radius 1 is 1.50 bits per heavy atom. The smallest absolute Gasteiger partial charge is 0.254 e. The van der Waals surface area contributed by atoms with Crippen molar-refractivity contribution in [3.8, 4) is 0 Å².